The summed E-state index contributed by atoms with van der Waals surface area (Å²) in [5.74, 6) is -1.03. The van der Waals surface area contributed by atoms with Gasteiger partial charge in [0.05, 0.1) is 5.92 Å². The van der Waals surface area contributed by atoms with Gasteiger partial charge in [-0.2, -0.15) is 0 Å². The van der Waals surface area contributed by atoms with Crippen LogP contribution in [-0.2, 0) is 9.59 Å². The molecule has 1 amide bonds. The first-order chi connectivity index (χ1) is 9.08. The maximum Gasteiger partial charge on any atom is 0.326 e. The molecular weight excluding hydrogens is 242 g/mol. The number of carbonyl (C=O) groups is 2. The minimum absolute atomic E-state index is 0.223. The number of nitrogens with one attached hydrogen (secondary N) is 1. The Morgan fingerprint density at radius 2 is 1.95 bits per heavy atom. The van der Waals surface area contributed by atoms with Crippen molar-refractivity contribution in [3.63, 3.8) is 0 Å². The fourth-order valence-corrected chi connectivity index (χ4v) is 2.10. The van der Waals surface area contributed by atoms with Crippen molar-refractivity contribution in [2.24, 2.45) is 5.92 Å². The van der Waals surface area contributed by atoms with Crippen LogP contribution in [0.4, 0.5) is 0 Å². The number of benzene rings is 1. The maximum atomic E-state index is 12.1. The van der Waals surface area contributed by atoms with E-state index in [4.69, 9.17) is 5.11 Å². The Balaban J connectivity index is 1.96. The van der Waals surface area contributed by atoms with Crippen molar-refractivity contribution in [3.05, 3.63) is 35.9 Å². The molecule has 102 valence electrons. The smallest absolute Gasteiger partial charge is 0.326 e. The summed E-state index contributed by atoms with van der Waals surface area (Å²) in [5.41, 5.74) is 0.899. The lowest BCUT2D eigenvalue weighted by Crippen LogP contribution is -2.42. The van der Waals surface area contributed by atoms with Crippen molar-refractivity contribution in [3.8, 4) is 0 Å². The molecule has 1 aromatic rings. The molecule has 1 aromatic carbocycles. The van der Waals surface area contributed by atoms with E-state index in [0.29, 0.717) is 12.3 Å². The Bertz CT molecular complexity index is 454. The van der Waals surface area contributed by atoms with Gasteiger partial charge in [-0.3, -0.25) is 4.79 Å². The minimum atomic E-state index is -0.944. The second-order valence-corrected chi connectivity index (χ2v) is 5.21. The van der Waals surface area contributed by atoms with Gasteiger partial charge < -0.3 is 10.4 Å². The fraction of sp³-hybridized carbons (Fsp3) is 0.467. The molecule has 1 unspecified atom stereocenters. The number of carbonyl (C=O) groups excluding carboxylic acids is 1. The van der Waals surface area contributed by atoms with Crippen LogP contribution >= 0.6 is 0 Å². The van der Waals surface area contributed by atoms with Crippen LogP contribution in [0.2, 0.25) is 0 Å². The summed E-state index contributed by atoms with van der Waals surface area (Å²) in [4.78, 5) is 23.2. The third-order valence-corrected chi connectivity index (χ3v) is 3.57. The molecule has 0 radical (unpaired) electrons. The van der Waals surface area contributed by atoms with Gasteiger partial charge in [-0.05, 0) is 24.8 Å². The highest BCUT2D eigenvalue weighted by atomic mass is 16.4. The van der Waals surface area contributed by atoms with Crippen molar-refractivity contribution in [1.29, 1.82) is 0 Å². The molecule has 0 aromatic heterocycles. The number of carboxylic acids is 1. The summed E-state index contributed by atoms with van der Waals surface area (Å²) < 4.78 is 0. The lowest BCUT2D eigenvalue weighted by Gasteiger charge is -2.18. The van der Waals surface area contributed by atoms with Crippen LogP contribution in [0.5, 0.6) is 0 Å². The first-order valence-electron chi connectivity index (χ1n) is 6.66. The van der Waals surface area contributed by atoms with Crippen LogP contribution in [0.1, 0.15) is 37.7 Å². The normalized spacial score (nSPS) is 17.5. The highest BCUT2D eigenvalue weighted by Crippen LogP contribution is 2.33. The Labute approximate surface area is 112 Å². The number of rotatable bonds is 6. The largest absolute Gasteiger partial charge is 0.480 e. The highest BCUT2D eigenvalue weighted by Gasteiger charge is 2.31. The first kappa shape index (κ1) is 13.6. The molecule has 19 heavy (non-hydrogen) atoms. The third kappa shape index (κ3) is 3.81. The Hall–Kier alpha value is -1.84. The lowest BCUT2D eigenvalue weighted by molar-refractivity contribution is -0.142. The van der Waals surface area contributed by atoms with E-state index in [-0.39, 0.29) is 11.8 Å². The van der Waals surface area contributed by atoms with Gasteiger partial charge in [0, 0.05) is 0 Å². The van der Waals surface area contributed by atoms with Gasteiger partial charge in [0.15, 0.2) is 0 Å². The number of amides is 1. The van der Waals surface area contributed by atoms with Gasteiger partial charge in [-0.15, -0.1) is 0 Å². The second-order valence-electron chi connectivity index (χ2n) is 5.21. The zero-order valence-corrected chi connectivity index (χ0v) is 11.0. The van der Waals surface area contributed by atoms with Crippen LogP contribution in [-0.4, -0.2) is 23.0 Å². The summed E-state index contributed by atoms with van der Waals surface area (Å²) in [6.07, 6.45) is 2.70. The average Bonchev–Trinajstić information content (AvgIpc) is 3.22. The molecular formula is C15H19NO3. The van der Waals surface area contributed by atoms with E-state index in [0.717, 1.165) is 18.4 Å². The highest BCUT2D eigenvalue weighted by molar-refractivity contribution is 5.87. The molecule has 2 rings (SSSR count). The van der Waals surface area contributed by atoms with E-state index in [1.165, 1.54) is 0 Å². The number of aliphatic carboxylic acids is 1. The van der Waals surface area contributed by atoms with Crippen molar-refractivity contribution >= 4 is 11.9 Å². The zero-order chi connectivity index (χ0) is 13.8. The Kier molecular flexibility index (Phi) is 4.20. The molecule has 4 heteroatoms. The maximum absolute atomic E-state index is 12.1. The molecule has 2 atom stereocenters. The molecule has 1 fully saturated rings. The minimum Gasteiger partial charge on any atom is -0.480 e. The van der Waals surface area contributed by atoms with Gasteiger partial charge in [0.25, 0.3) is 0 Å². The van der Waals surface area contributed by atoms with Crippen LogP contribution in [0.15, 0.2) is 30.3 Å². The SMILES string of the molecule is C[C@@H](C(=O)NC(CC1CC1)C(=O)O)c1ccccc1. The fourth-order valence-electron chi connectivity index (χ4n) is 2.10. The van der Waals surface area contributed by atoms with Crippen LogP contribution in [0.3, 0.4) is 0 Å². The van der Waals surface area contributed by atoms with Gasteiger partial charge in [0.1, 0.15) is 6.04 Å². The van der Waals surface area contributed by atoms with E-state index in [2.05, 4.69) is 5.32 Å². The average molecular weight is 261 g/mol. The van der Waals surface area contributed by atoms with Gasteiger partial charge >= 0.3 is 5.97 Å². The molecule has 2 N–H and O–H groups in total. The molecule has 1 saturated carbocycles. The van der Waals surface area contributed by atoms with E-state index in [1.807, 2.05) is 30.3 Å². The summed E-state index contributed by atoms with van der Waals surface area (Å²) in [6, 6.07) is 8.63. The third-order valence-electron chi connectivity index (χ3n) is 3.57. The number of carboxylic acid groups (broad SMARTS) is 1. The molecule has 1 aliphatic rings. The number of hydrogen-bond acceptors (Lipinski definition) is 2. The van der Waals surface area contributed by atoms with Gasteiger partial charge in [0.2, 0.25) is 5.91 Å². The van der Waals surface area contributed by atoms with Crippen molar-refractivity contribution in [2.45, 2.75) is 38.1 Å². The predicted octanol–water partition coefficient (Wildman–Crippen LogP) is 2.16. The standard InChI is InChI=1S/C15H19NO3/c1-10(12-5-3-2-4-6-12)14(17)16-13(15(18)19)9-11-7-8-11/h2-6,10-11,13H,7-9H2,1H3,(H,16,17)(H,18,19)/t10-,13?/m1/s1. The van der Waals surface area contributed by atoms with Crippen molar-refractivity contribution in [2.75, 3.05) is 0 Å². The van der Waals surface area contributed by atoms with Crippen molar-refractivity contribution < 1.29 is 14.7 Å². The van der Waals surface area contributed by atoms with Crippen LogP contribution in [0.25, 0.3) is 0 Å². The summed E-state index contributed by atoms with van der Waals surface area (Å²) >= 11 is 0. The summed E-state index contributed by atoms with van der Waals surface area (Å²) in [5, 5.41) is 11.8. The molecule has 0 heterocycles. The molecule has 0 bridgehead atoms. The quantitative estimate of drug-likeness (QED) is 0.824. The Morgan fingerprint density at radius 3 is 2.47 bits per heavy atom. The molecule has 0 aliphatic heterocycles. The van der Waals surface area contributed by atoms with Gasteiger partial charge in [-0.25, -0.2) is 4.79 Å². The van der Waals surface area contributed by atoms with Crippen LogP contribution in [0, 0.1) is 5.92 Å². The summed E-state index contributed by atoms with van der Waals surface area (Å²) in [7, 11) is 0. The summed E-state index contributed by atoms with van der Waals surface area (Å²) in [6.45, 7) is 1.79. The topological polar surface area (TPSA) is 66.4 Å². The molecule has 0 spiro atoms. The molecule has 4 nitrogen and oxygen atoms in total. The van der Waals surface area contributed by atoms with Crippen LogP contribution < -0.4 is 5.32 Å². The van der Waals surface area contributed by atoms with E-state index in [1.54, 1.807) is 6.92 Å². The monoisotopic (exact) mass is 261 g/mol. The predicted molar refractivity (Wildman–Crippen MR) is 71.8 cm³/mol. The lowest BCUT2D eigenvalue weighted by atomic mass is 9.99. The zero-order valence-electron chi connectivity index (χ0n) is 11.0. The van der Waals surface area contributed by atoms with E-state index < -0.39 is 12.0 Å². The molecule has 0 saturated heterocycles. The van der Waals surface area contributed by atoms with E-state index in [9.17, 15) is 9.59 Å². The number of hydrogen-bond donors (Lipinski definition) is 2. The molecule has 1 aliphatic carbocycles. The first-order valence-corrected chi connectivity index (χ1v) is 6.66. The second kappa shape index (κ2) is 5.87. The van der Waals surface area contributed by atoms with Gasteiger partial charge in [-0.1, -0.05) is 43.2 Å². The Morgan fingerprint density at radius 1 is 1.32 bits per heavy atom. The van der Waals surface area contributed by atoms with Crippen molar-refractivity contribution in [1.82, 2.24) is 5.32 Å². The van der Waals surface area contributed by atoms with E-state index >= 15 is 0 Å².